The molecule has 6 nitrogen and oxygen atoms in total. The van der Waals surface area contributed by atoms with E-state index in [1.807, 2.05) is 43.7 Å². The number of carbonyl (C=O) groups is 1. The number of nitrogens with zero attached hydrogens (tertiary/aromatic N) is 4. The first-order chi connectivity index (χ1) is 10.3. The van der Waals surface area contributed by atoms with Crippen molar-refractivity contribution < 1.29 is 9.53 Å². The molecule has 1 aromatic heterocycles. The van der Waals surface area contributed by atoms with Gasteiger partial charge in [-0.15, -0.1) is 10.2 Å². The Balaban J connectivity index is 1.98. The van der Waals surface area contributed by atoms with Crippen molar-refractivity contribution in [3.8, 4) is 0 Å². The third-order valence-electron chi connectivity index (χ3n) is 3.50. The van der Waals surface area contributed by atoms with Gasteiger partial charge in [0.25, 0.3) is 0 Å². The smallest absolute Gasteiger partial charge is 0.410 e. The fourth-order valence-electron chi connectivity index (χ4n) is 2.51. The highest BCUT2D eigenvalue weighted by atomic mass is 35.5. The number of hydrogen-bond acceptors (Lipinski definition) is 5. The Morgan fingerprint density at radius 1 is 1.45 bits per heavy atom. The fraction of sp³-hybridized carbons (Fsp3) is 0.667. The van der Waals surface area contributed by atoms with Crippen molar-refractivity contribution in [2.24, 2.45) is 0 Å². The predicted octanol–water partition coefficient (Wildman–Crippen LogP) is 2.97. The van der Waals surface area contributed by atoms with Crippen LogP contribution >= 0.6 is 11.6 Å². The minimum absolute atomic E-state index is 0.123. The van der Waals surface area contributed by atoms with Crippen LogP contribution in [0.5, 0.6) is 0 Å². The van der Waals surface area contributed by atoms with Gasteiger partial charge in [-0.05, 0) is 45.7 Å². The van der Waals surface area contributed by atoms with Crippen LogP contribution in [0.2, 0.25) is 5.15 Å². The molecule has 1 fully saturated rings. The molecule has 1 aliphatic heterocycles. The SMILES string of the molecule is CN(C[C@@H]1CCCN1C(=O)OC(C)(C)C)c1ccc(Cl)nn1. The first-order valence-corrected chi connectivity index (χ1v) is 7.84. The average Bonchev–Trinajstić information content (AvgIpc) is 2.85. The first kappa shape index (κ1) is 16.8. The van der Waals surface area contributed by atoms with Crippen molar-refractivity contribution in [2.75, 3.05) is 25.0 Å². The van der Waals surface area contributed by atoms with Crippen molar-refractivity contribution in [3.63, 3.8) is 0 Å². The highest BCUT2D eigenvalue weighted by molar-refractivity contribution is 6.29. The zero-order chi connectivity index (χ0) is 16.3. The number of carbonyl (C=O) groups excluding carboxylic acids is 1. The molecule has 0 unspecified atom stereocenters. The summed E-state index contributed by atoms with van der Waals surface area (Å²) in [6.45, 7) is 7.07. The molecule has 122 valence electrons. The summed E-state index contributed by atoms with van der Waals surface area (Å²) in [6, 6.07) is 3.65. The molecule has 0 aliphatic carbocycles. The van der Waals surface area contributed by atoms with Crippen LogP contribution in [0, 0.1) is 0 Å². The van der Waals surface area contributed by atoms with Gasteiger partial charge in [0.05, 0.1) is 6.04 Å². The summed E-state index contributed by atoms with van der Waals surface area (Å²) in [5, 5.41) is 8.27. The zero-order valence-corrected chi connectivity index (χ0v) is 14.3. The molecule has 1 aliphatic rings. The number of likely N-dealkylation sites (N-methyl/N-ethyl adjacent to an activating group) is 1. The standard InChI is InChI=1S/C15H23ClN4O2/c1-15(2,3)22-14(21)20-9-5-6-11(20)10-19(4)13-8-7-12(16)17-18-13/h7-8,11H,5-6,9-10H2,1-4H3/t11-/m0/s1. The number of halogens is 1. The number of anilines is 1. The average molecular weight is 327 g/mol. The lowest BCUT2D eigenvalue weighted by Crippen LogP contribution is -2.44. The summed E-state index contributed by atoms with van der Waals surface area (Å²) >= 11 is 5.75. The Kier molecular flexibility index (Phi) is 5.11. The third kappa shape index (κ3) is 4.47. The molecule has 0 spiro atoms. The largest absolute Gasteiger partial charge is 0.444 e. The van der Waals surface area contributed by atoms with Gasteiger partial charge >= 0.3 is 6.09 Å². The van der Waals surface area contributed by atoms with Gasteiger partial charge in [-0.3, -0.25) is 0 Å². The summed E-state index contributed by atoms with van der Waals surface area (Å²) in [6.07, 6.45) is 1.71. The molecule has 1 amide bonds. The topological polar surface area (TPSA) is 58.6 Å². The molecule has 2 heterocycles. The van der Waals surface area contributed by atoms with Gasteiger partial charge in [-0.25, -0.2) is 4.79 Å². The number of aromatic nitrogens is 2. The number of rotatable bonds is 3. The lowest BCUT2D eigenvalue weighted by molar-refractivity contribution is 0.0232. The Morgan fingerprint density at radius 3 is 2.77 bits per heavy atom. The number of ether oxygens (including phenoxy) is 1. The van der Waals surface area contributed by atoms with E-state index in [1.54, 1.807) is 6.07 Å². The second-order valence-corrected chi connectivity index (χ2v) is 6.95. The van der Waals surface area contributed by atoms with Gasteiger partial charge in [-0.1, -0.05) is 11.6 Å². The molecule has 0 N–H and O–H groups in total. The monoisotopic (exact) mass is 326 g/mol. The molecule has 22 heavy (non-hydrogen) atoms. The molecule has 0 aromatic carbocycles. The molecule has 2 rings (SSSR count). The van der Waals surface area contributed by atoms with Gasteiger partial charge in [-0.2, -0.15) is 0 Å². The van der Waals surface area contributed by atoms with Crippen LogP contribution in [0.3, 0.4) is 0 Å². The van der Waals surface area contributed by atoms with Crippen LogP contribution in [-0.2, 0) is 4.74 Å². The van der Waals surface area contributed by atoms with Crippen LogP contribution in [0.25, 0.3) is 0 Å². The van der Waals surface area contributed by atoms with Gasteiger partial charge in [0.1, 0.15) is 5.60 Å². The predicted molar refractivity (Wildman–Crippen MR) is 86.3 cm³/mol. The van der Waals surface area contributed by atoms with E-state index >= 15 is 0 Å². The van der Waals surface area contributed by atoms with E-state index < -0.39 is 5.60 Å². The van der Waals surface area contributed by atoms with E-state index in [0.29, 0.717) is 11.7 Å². The van der Waals surface area contributed by atoms with E-state index in [2.05, 4.69) is 10.2 Å². The van der Waals surface area contributed by atoms with Crippen molar-refractivity contribution in [1.29, 1.82) is 0 Å². The molecule has 7 heteroatoms. The lowest BCUT2D eigenvalue weighted by atomic mass is 10.2. The van der Waals surface area contributed by atoms with Crippen LogP contribution in [0.4, 0.5) is 10.6 Å². The molecule has 0 saturated carbocycles. The third-order valence-corrected chi connectivity index (χ3v) is 3.70. The van der Waals surface area contributed by atoms with Gasteiger partial charge in [0.15, 0.2) is 11.0 Å². The van der Waals surface area contributed by atoms with E-state index in [4.69, 9.17) is 16.3 Å². The van der Waals surface area contributed by atoms with Gasteiger partial charge < -0.3 is 14.5 Å². The van der Waals surface area contributed by atoms with Crippen LogP contribution in [0.1, 0.15) is 33.6 Å². The fourth-order valence-corrected chi connectivity index (χ4v) is 2.61. The van der Waals surface area contributed by atoms with Crippen molar-refractivity contribution in [2.45, 2.75) is 45.3 Å². The molecule has 1 aromatic rings. The van der Waals surface area contributed by atoms with Crippen molar-refractivity contribution in [1.82, 2.24) is 15.1 Å². The quantitative estimate of drug-likeness (QED) is 0.854. The van der Waals surface area contributed by atoms with E-state index in [9.17, 15) is 4.79 Å². The summed E-state index contributed by atoms with van der Waals surface area (Å²) < 4.78 is 5.48. The second kappa shape index (κ2) is 6.69. The summed E-state index contributed by atoms with van der Waals surface area (Å²) in [5.74, 6) is 0.737. The molecule has 0 bridgehead atoms. The molecular formula is C15H23ClN4O2. The summed E-state index contributed by atoms with van der Waals surface area (Å²) in [4.78, 5) is 16.1. The van der Waals surface area contributed by atoms with Crippen LogP contribution < -0.4 is 4.90 Å². The highest BCUT2D eigenvalue weighted by Crippen LogP contribution is 2.22. The Labute approximate surface area is 136 Å². The maximum absolute atomic E-state index is 12.3. The van der Waals surface area contributed by atoms with Gasteiger partial charge in [0, 0.05) is 20.1 Å². The van der Waals surface area contributed by atoms with E-state index in [-0.39, 0.29) is 12.1 Å². The number of amides is 1. The second-order valence-electron chi connectivity index (χ2n) is 6.56. The highest BCUT2D eigenvalue weighted by Gasteiger charge is 2.32. The molecule has 0 radical (unpaired) electrons. The Hall–Kier alpha value is -1.56. The van der Waals surface area contributed by atoms with E-state index in [1.165, 1.54) is 0 Å². The van der Waals surface area contributed by atoms with Crippen molar-refractivity contribution >= 4 is 23.5 Å². The van der Waals surface area contributed by atoms with Crippen LogP contribution in [0.15, 0.2) is 12.1 Å². The molecule has 1 atom stereocenters. The van der Waals surface area contributed by atoms with Gasteiger partial charge in [0.2, 0.25) is 0 Å². The molecular weight excluding hydrogens is 304 g/mol. The minimum atomic E-state index is -0.474. The summed E-state index contributed by atoms with van der Waals surface area (Å²) in [7, 11) is 1.93. The summed E-state index contributed by atoms with van der Waals surface area (Å²) in [5.41, 5.74) is -0.474. The van der Waals surface area contributed by atoms with Crippen molar-refractivity contribution in [3.05, 3.63) is 17.3 Å². The van der Waals surface area contributed by atoms with E-state index in [0.717, 1.165) is 25.2 Å². The van der Waals surface area contributed by atoms with Crippen LogP contribution in [-0.4, -0.2) is 53.0 Å². The normalized spacial score (nSPS) is 18.4. The maximum atomic E-state index is 12.3. The minimum Gasteiger partial charge on any atom is -0.444 e. The number of hydrogen-bond donors (Lipinski definition) is 0. The molecule has 1 saturated heterocycles. The lowest BCUT2D eigenvalue weighted by Gasteiger charge is -2.31. The number of likely N-dealkylation sites (tertiary alicyclic amines) is 1. The first-order valence-electron chi connectivity index (χ1n) is 7.46. The maximum Gasteiger partial charge on any atom is 0.410 e. The Bertz CT molecular complexity index is 515. The Morgan fingerprint density at radius 2 is 2.18 bits per heavy atom. The zero-order valence-electron chi connectivity index (χ0n) is 13.5.